The van der Waals surface area contributed by atoms with E-state index in [0.29, 0.717) is 5.89 Å². The van der Waals surface area contributed by atoms with Gasteiger partial charge in [0, 0.05) is 11.1 Å². The van der Waals surface area contributed by atoms with Gasteiger partial charge in [-0.3, -0.25) is 0 Å². The van der Waals surface area contributed by atoms with E-state index in [4.69, 9.17) is 4.42 Å². The van der Waals surface area contributed by atoms with Crippen molar-refractivity contribution in [1.82, 2.24) is 4.98 Å². The fraction of sp³-hybridized carbons (Fsp3) is 0.0556. The lowest BCUT2D eigenvalue weighted by Crippen LogP contribution is -1.82. The second kappa shape index (κ2) is 7.74. The Bertz CT molecular complexity index is 603. The van der Waals surface area contributed by atoms with Crippen LogP contribution in [0.3, 0.4) is 0 Å². The van der Waals surface area contributed by atoms with Crippen molar-refractivity contribution in [1.29, 1.82) is 0 Å². The van der Waals surface area contributed by atoms with Crippen LogP contribution in [-0.2, 0) is 0 Å². The molecule has 2 aromatic rings. The van der Waals surface area contributed by atoms with Crippen LogP contribution in [0.15, 0.2) is 79.5 Å². The average molecular weight is 265 g/mol. The van der Waals surface area contributed by atoms with Gasteiger partial charge in [-0.2, -0.15) is 0 Å². The van der Waals surface area contributed by atoms with E-state index in [9.17, 15) is 0 Å². The van der Waals surface area contributed by atoms with Gasteiger partial charge in [0.2, 0.25) is 5.89 Å². The molecule has 2 nitrogen and oxygen atoms in total. The summed E-state index contributed by atoms with van der Waals surface area (Å²) >= 11 is 0. The van der Waals surface area contributed by atoms with Crippen LogP contribution in [-0.4, -0.2) is 4.98 Å². The number of aromatic nitrogens is 1. The molecule has 102 valence electrons. The van der Waals surface area contributed by atoms with Crippen molar-refractivity contribution in [3.05, 3.63) is 86.5 Å². The topological polar surface area (TPSA) is 26.0 Å². The Hall–Kier alpha value is -2.61. The molecule has 0 fully saturated rings. The smallest absolute Gasteiger partial charge is 0.226 e. The predicted octanol–water partition coefficient (Wildman–Crippen LogP) is 5.21. The molecule has 0 unspecified atom stereocenters. The maximum absolute atomic E-state index is 5.46. The van der Waals surface area contributed by atoms with E-state index in [-0.39, 0.29) is 0 Å². The van der Waals surface area contributed by atoms with Gasteiger partial charge in [-0.1, -0.05) is 61.2 Å². The number of rotatable bonds is 4. The van der Waals surface area contributed by atoms with Gasteiger partial charge in [0.1, 0.15) is 12.0 Å². The Morgan fingerprint density at radius 1 is 1.15 bits per heavy atom. The molecule has 0 amide bonds. The lowest BCUT2D eigenvalue weighted by molar-refractivity contribution is 0.543. The number of benzene rings is 1. The number of hydrogen-bond acceptors (Lipinski definition) is 2. The summed E-state index contributed by atoms with van der Waals surface area (Å²) in [5.41, 5.74) is 3.91. The molecule has 2 heteroatoms. The highest BCUT2D eigenvalue weighted by atomic mass is 16.3. The first-order valence-corrected chi connectivity index (χ1v) is 6.22. The second-order valence-electron chi connectivity index (χ2n) is 3.97. The van der Waals surface area contributed by atoms with Crippen molar-refractivity contribution in [2.24, 2.45) is 0 Å². The van der Waals surface area contributed by atoms with Crippen LogP contribution in [0.2, 0.25) is 0 Å². The van der Waals surface area contributed by atoms with Crippen LogP contribution >= 0.6 is 0 Å². The third-order valence-corrected chi connectivity index (χ3v) is 2.62. The van der Waals surface area contributed by atoms with Crippen molar-refractivity contribution in [3.63, 3.8) is 0 Å². The Kier molecular flexibility index (Phi) is 5.98. The van der Waals surface area contributed by atoms with Crippen molar-refractivity contribution < 1.29 is 4.42 Å². The Morgan fingerprint density at radius 2 is 1.80 bits per heavy atom. The predicted molar refractivity (Wildman–Crippen MR) is 86.3 cm³/mol. The number of nitrogens with zero attached hydrogens (tertiary/aromatic N) is 1. The molecule has 1 heterocycles. The van der Waals surface area contributed by atoms with E-state index in [2.05, 4.69) is 50.4 Å². The average Bonchev–Trinajstić information content (AvgIpc) is 2.97. The summed E-state index contributed by atoms with van der Waals surface area (Å²) in [5, 5.41) is 0. The van der Waals surface area contributed by atoms with Crippen molar-refractivity contribution in [2.75, 3.05) is 0 Å². The molecule has 0 aliphatic rings. The fourth-order valence-corrected chi connectivity index (χ4v) is 1.62. The summed E-state index contributed by atoms with van der Waals surface area (Å²) in [7, 11) is 0. The number of aryl methyl sites for hydroxylation is 1. The minimum atomic E-state index is 0.556. The standard InChI is InChI=1S/C16H15NO.C2H4/c1-4-6-13(5-2)16-17-15(11-18-16)14-9-7-12(3)8-10-14;1-2/h4-11H,1-2H2,3H3;1-2H2/b13-6+;. The van der Waals surface area contributed by atoms with Gasteiger partial charge in [-0.15, -0.1) is 13.2 Å². The number of oxazole rings is 1. The molecule has 2 rings (SSSR count). The Labute approximate surface area is 120 Å². The zero-order chi connectivity index (χ0) is 15.0. The normalized spacial score (nSPS) is 10.3. The molecule has 0 spiro atoms. The summed E-state index contributed by atoms with van der Waals surface area (Å²) in [5.74, 6) is 0.556. The summed E-state index contributed by atoms with van der Waals surface area (Å²) in [6, 6.07) is 8.17. The van der Waals surface area contributed by atoms with E-state index in [1.54, 1.807) is 18.4 Å². The van der Waals surface area contributed by atoms with Gasteiger partial charge in [0.25, 0.3) is 0 Å². The van der Waals surface area contributed by atoms with Gasteiger partial charge in [0.05, 0.1) is 0 Å². The van der Waals surface area contributed by atoms with Crippen LogP contribution in [0, 0.1) is 6.92 Å². The molecule has 1 aromatic heterocycles. The highest BCUT2D eigenvalue weighted by Gasteiger charge is 2.07. The van der Waals surface area contributed by atoms with Gasteiger partial charge in [-0.25, -0.2) is 4.98 Å². The minimum absolute atomic E-state index is 0.556. The maximum Gasteiger partial charge on any atom is 0.226 e. The molecule has 0 N–H and O–H groups in total. The van der Waals surface area contributed by atoms with Crippen molar-refractivity contribution >= 4 is 5.57 Å². The minimum Gasteiger partial charge on any atom is -0.444 e. The molecular weight excluding hydrogens is 246 g/mol. The zero-order valence-corrected chi connectivity index (χ0v) is 11.8. The summed E-state index contributed by atoms with van der Waals surface area (Å²) in [6.45, 7) is 15.4. The first kappa shape index (κ1) is 15.4. The molecule has 0 aliphatic carbocycles. The molecule has 0 atom stereocenters. The maximum atomic E-state index is 5.46. The Balaban J connectivity index is 0.000000956. The highest BCUT2D eigenvalue weighted by molar-refractivity contribution is 5.71. The molecule has 0 saturated heterocycles. The molecule has 0 saturated carbocycles. The summed E-state index contributed by atoms with van der Waals surface area (Å²) in [4.78, 5) is 4.45. The van der Waals surface area contributed by atoms with Gasteiger partial charge in [0.15, 0.2) is 0 Å². The molecule has 20 heavy (non-hydrogen) atoms. The van der Waals surface area contributed by atoms with Crippen molar-refractivity contribution in [3.8, 4) is 11.3 Å². The molecule has 0 bridgehead atoms. The zero-order valence-electron chi connectivity index (χ0n) is 11.8. The molecule has 0 radical (unpaired) electrons. The molecule has 1 aromatic carbocycles. The molecule has 0 aliphatic heterocycles. The van der Waals surface area contributed by atoms with E-state index >= 15 is 0 Å². The largest absolute Gasteiger partial charge is 0.444 e. The third-order valence-electron chi connectivity index (χ3n) is 2.62. The van der Waals surface area contributed by atoms with Gasteiger partial charge < -0.3 is 4.42 Å². The first-order valence-electron chi connectivity index (χ1n) is 6.22. The van der Waals surface area contributed by atoms with Crippen LogP contribution < -0.4 is 0 Å². The lowest BCUT2D eigenvalue weighted by Gasteiger charge is -1.96. The summed E-state index contributed by atoms with van der Waals surface area (Å²) in [6.07, 6.45) is 6.86. The fourth-order valence-electron chi connectivity index (χ4n) is 1.62. The van der Waals surface area contributed by atoms with Crippen LogP contribution in [0.25, 0.3) is 16.8 Å². The number of hydrogen-bond donors (Lipinski definition) is 0. The van der Waals surface area contributed by atoms with E-state index < -0.39 is 0 Å². The number of allylic oxidation sites excluding steroid dienone is 4. The van der Waals surface area contributed by atoms with Crippen LogP contribution in [0.5, 0.6) is 0 Å². The lowest BCUT2D eigenvalue weighted by atomic mass is 10.1. The highest BCUT2D eigenvalue weighted by Crippen LogP contribution is 2.22. The van der Waals surface area contributed by atoms with Gasteiger partial charge >= 0.3 is 0 Å². The second-order valence-corrected chi connectivity index (χ2v) is 3.97. The SMILES string of the molecule is C=C.C=C/C=C(\C=C)c1nc(-c2ccc(C)cc2)co1. The third kappa shape index (κ3) is 3.69. The van der Waals surface area contributed by atoms with Crippen LogP contribution in [0.4, 0.5) is 0 Å². The first-order chi connectivity index (χ1) is 9.74. The quantitative estimate of drug-likeness (QED) is 0.560. The van der Waals surface area contributed by atoms with Crippen LogP contribution in [0.1, 0.15) is 11.5 Å². The van der Waals surface area contributed by atoms with Crippen molar-refractivity contribution in [2.45, 2.75) is 6.92 Å². The van der Waals surface area contributed by atoms with E-state index in [0.717, 1.165) is 16.8 Å². The van der Waals surface area contributed by atoms with Gasteiger partial charge in [-0.05, 0) is 6.92 Å². The van der Waals surface area contributed by atoms with E-state index in [1.165, 1.54) is 5.56 Å². The monoisotopic (exact) mass is 265 g/mol. The Morgan fingerprint density at radius 3 is 2.35 bits per heavy atom. The molecular formula is C18H19NO. The summed E-state index contributed by atoms with van der Waals surface area (Å²) < 4.78 is 5.46. The van der Waals surface area contributed by atoms with E-state index in [1.807, 2.05) is 18.2 Å².